The number of benzene rings is 2. The van der Waals surface area contributed by atoms with Crippen molar-refractivity contribution in [3.05, 3.63) is 70.6 Å². The fourth-order valence-electron chi connectivity index (χ4n) is 3.49. The van der Waals surface area contributed by atoms with Crippen LogP contribution in [0.4, 0.5) is 14.5 Å². The van der Waals surface area contributed by atoms with Crippen molar-refractivity contribution in [3.8, 4) is 28.4 Å². The van der Waals surface area contributed by atoms with Gasteiger partial charge < -0.3 is 15.2 Å². The van der Waals surface area contributed by atoms with Crippen molar-refractivity contribution < 1.29 is 18.3 Å². The monoisotopic (exact) mass is 465 g/mol. The van der Waals surface area contributed by atoms with Gasteiger partial charge in [0.25, 0.3) is 5.56 Å². The average Bonchev–Trinajstić information content (AvgIpc) is 2.81. The number of rotatable bonds is 7. The average molecular weight is 465 g/mol. The quantitative estimate of drug-likeness (QED) is 0.326. The molecule has 0 radical (unpaired) electrons. The third-order valence-electron chi connectivity index (χ3n) is 4.96. The van der Waals surface area contributed by atoms with E-state index in [0.29, 0.717) is 40.2 Å². The standard InChI is InChI=1S/C24H21F2N5O3/c1-3-33-21-13-29-20-11-18(14-4-9-19(27)15(10-14)12-28-2)23(32)31(22(20)30-21)16-5-7-17(8-6-16)34-24(25)26/h4-13,24H,3,27H2,1-2H3. The van der Waals surface area contributed by atoms with Crippen LogP contribution in [0.2, 0.25) is 0 Å². The Hall–Kier alpha value is -4.34. The number of nitrogens with zero attached hydrogens (tertiary/aromatic N) is 4. The van der Waals surface area contributed by atoms with E-state index in [9.17, 15) is 13.6 Å². The lowest BCUT2D eigenvalue weighted by molar-refractivity contribution is -0.0498. The predicted molar refractivity (Wildman–Crippen MR) is 126 cm³/mol. The molecule has 0 spiro atoms. The van der Waals surface area contributed by atoms with Gasteiger partial charge >= 0.3 is 6.61 Å². The van der Waals surface area contributed by atoms with Gasteiger partial charge in [0, 0.05) is 30.1 Å². The Morgan fingerprint density at radius 2 is 1.94 bits per heavy atom. The third kappa shape index (κ3) is 4.56. The maximum absolute atomic E-state index is 13.7. The molecule has 34 heavy (non-hydrogen) atoms. The number of alkyl halides is 2. The number of halogens is 2. The van der Waals surface area contributed by atoms with E-state index in [0.717, 1.165) is 0 Å². The number of aliphatic imine (C=N–C) groups is 1. The van der Waals surface area contributed by atoms with E-state index in [-0.39, 0.29) is 22.8 Å². The molecule has 0 fully saturated rings. The van der Waals surface area contributed by atoms with Gasteiger partial charge in [0.2, 0.25) is 5.88 Å². The summed E-state index contributed by atoms with van der Waals surface area (Å²) in [4.78, 5) is 26.6. The Morgan fingerprint density at radius 3 is 2.62 bits per heavy atom. The molecule has 4 aromatic rings. The highest BCUT2D eigenvalue weighted by Crippen LogP contribution is 2.26. The predicted octanol–water partition coefficient (Wildman–Crippen LogP) is 4.08. The van der Waals surface area contributed by atoms with Gasteiger partial charge in [-0.1, -0.05) is 6.07 Å². The lowest BCUT2D eigenvalue weighted by atomic mass is 10.0. The number of nitrogen functional groups attached to an aromatic ring is 1. The van der Waals surface area contributed by atoms with Crippen molar-refractivity contribution in [2.75, 3.05) is 19.4 Å². The van der Waals surface area contributed by atoms with E-state index < -0.39 is 6.61 Å². The van der Waals surface area contributed by atoms with Gasteiger partial charge in [-0.15, -0.1) is 0 Å². The van der Waals surface area contributed by atoms with Gasteiger partial charge in [0.05, 0.1) is 18.5 Å². The largest absolute Gasteiger partial charge is 0.477 e. The first kappa shape index (κ1) is 22.8. The lowest BCUT2D eigenvalue weighted by Crippen LogP contribution is -2.22. The maximum atomic E-state index is 13.7. The molecule has 4 rings (SSSR count). The van der Waals surface area contributed by atoms with E-state index in [4.69, 9.17) is 10.5 Å². The summed E-state index contributed by atoms with van der Waals surface area (Å²) >= 11 is 0. The molecule has 8 nitrogen and oxygen atoms in total. The molecule has 0 saturated heterocycles. The molecule has 10 heteroatoms. The first-order valence-electron chi connectivity index (χ1n) is 10.3. The number of fused-ring (bicyclic) bond motifs is 1. The molecule has 0 unspecified atom stereocenters. The number of pyridine rings is 1. The Balaban J connectivity index is 1.97. The zero-order chi connectivity index (χ0) is 24.2. The highest BCUT2D eigenvalue weighted by Gasteiger charge is 2.17. The number of ether oxygens (including phenoxy) is 2. The van der Waals surface area contributed by atoms with Crippen LogP contribution >= 0.6 is 0 Å². The molecule has 0 aliphatic carbocycles. The van der Waals surface area contributed by atoms with Gasteiger partial charge in [-0.05, 0) is 55.0 Å². The summed E-state index contributed by atoms with van der Waals surface area (Å²) in [5, 5.41) is 0. The summed E-state index contributed by atoms with van der Waals surface area (Å²) in [7, 11) is 1.63. The molecule has 2 heterocycles. The molecule has 2 N–H and O–H groups in total. The molecule has 0 aliphatic heterocycles. The van der Waals surface area contributed by atoms with Gasteiger partial charge in [-0.25, -0.2) is 4.98 Å². The van der Waals surface area contributed by atoms with Gasteiger partial charge in [-0.2, -0.15) is 13.8 Å². The number of nitrogens with two attached hydrogens (primary N) is 1. The Kier molecular flexibility index (Phi) is 6.48. The smallest absolute Gasteiger partial charge is 0.387 e. The first-order chi connectivity index (χ1) is 16.4. The van der Waals surface area contributed by atoms with Gasteiger partial charge in [0.15, 0.2) is 5.65 Å². The summed E-state index contributed by atoms with van der Waals surface area (Å²) in [6, 6.07) is 12.5. The minimum absolute atomic E-state index is 0.0321. The zero-order valence-corrected chi connectivity index (χ0v) is 18.4. The molecule has 0 aliphatic rings. The van der Waals surface area contributed by atoms with E-state index >= 15 is 0 Å². The van der Waals surface area contributed by atoms with Crippen molar-refractivity contribution >= 4 is 23.1 Å². The Morgan fingerprint density at radius 1 is 1.18 bits per heavy atom. The molecular formula is C24H21F2N5O3. The maximum Gasteiger partial charge on any atom is 0.387 e. The van der Waals surface area contributed by atoms with Gasteiger partial charge in [0.1, 0.15) is 11.3 Å². The second-order valence-electron chi connectivity index (χ2n) is 7.15. The minimum atomic E-state index is -2.95. The number of aromatic nitrogens is 3. The van der Waals surface area contributed by atoms with Crippen LogP contribution in [0.15, 0.2) is 64.5 Å². The van der Waals surface area contributed by atoms with E-state index in [1.165, 1.54) is 35.0 Å². The van der Waals surface area contributed by atoms with Crippen molar-refractivity contribution in [1.29, 1.82) is 0 Å². The van der Waals surface area contributed by atoms with E-state index in [2.05, 4.69) is 19.7 Å². The number of hydrogen-bond acceptors (Lipinski definition) is 7. The van der Waals surface area contributed by atoms with E-state index in [1.807, 2.05) is 6.92 Å². The van der Waals surface area contributed by atoms with Crippen LogP contribution in [0.3, 0.4) is 0 Å². The molecule has 0 bridgehead atoms. The summed E-state index contributed by atoms with van der Waals surface area (Å²) in [6.07, 6.45) is 3.08. The molecule has 0 saturated carbocycles. The fourth-order valence-corrected chi connectivity index (χ4v) is 3.49. The van der Waals surface area contributed by atoms with Crippen molar-refractivity contribution in [3.63, 3.8) is 0 Å². The molecule has 174 valence electrons. The summed E-state index contributed by atoms with van der Waals surface area (Å²) in [6.45, 7) is -0.777. The zero-order valence-electron chi connectivity index (χ0n) is 18.4. The van der Waals surface area contributed by atoms with Crippen molar-refractivity contribution in [2.24, 2.45) is 4.99 Å². The van der Waals surface area contributed by atoms with Crippen LogP contribution in [0.5, 0.6) is 11.6 Å². The normalized spacial score (nSPS) is 11.4. The highest BCUT2D eigenvalue weighted by atomic mass is 19.3. The SMILES string of the molecule is CCOc1cnc2cc(-c3ccc(N)c(C=NC)c3)c(=O)n(-c3ccc(OC(F)F)cc3)c2n1. The van der Waals surface area contributed by atoms with Crippen LogP contribution in [0.25, 0.3) is 28.0 Å². The second kappa shape index (κ2) is 9.65. The third-order valence-corrected chi connectivity index (χ3v) is 4.96. The Labute approximate surface area is 193 Å². The summed E-state index contributed by atoms with van der Waals surface area (Å²) < 4.78 is 36.4. The van der Waals surface area contributed by atoms with E-state index in [1.54, 1.807) is 37.5 Å². The molecule has 2 aromatic heterocycles. The molecule has 2 aromatic carbocycles. The molecule has 0 amide bonds. The second-order valence-corrected chi connectivity index (χ2v) is 7.15. The van der Waals surface area contributed by atoms with Crippen LogP contribution < -0.4 is 20.8 Å². The van der Waals surface area contributed by atoms with Crippen molar-refractivity contribution in [2.45, 2.75) is 13.5 Å². The van der Waals surface area contributed by atoms with Crippen LogP contribution in [0, 0.1) is 0 Å². The van der Waals surface area contributed by atoms with Crippen LogP contribution in [-0.4, -0.2) is 41.0 Å². The van der Waals surface area contributed by atoms with Crippen LogP contribution in [0.1, 0.15) is 12.5 Å². The number of hydrogen-bond donors (Lipinski definition) is 1. The Bertz CT molecular complexity index is 1420. The highest BCUT2D eigenvalue weighted by molar-refractivity contribution is 5.90. The lowest BCUT2D eigenvalue weighted by Gasteiger charge is -2.14. The summed E-state index contributed by atoms with van der Waals surface area (Å²) in [5.74, 6) is 0.220. The minimum Gasteiger partial charge on any atom is -0.477 e. The van der Waals surface area contributed by atoms with Gasteiger partial charge in [-0.3, -0.25) is 14.4 Å². The fraction of sp³-hybridized carbons (Fsp3) is 0.167. The first-order valence-corrected chi connectivity index (χ1v) is 10.3. The topological polar surface area (TPSA) is 105 Å². The van der Waals surface area contributed by atoms with Crippen molar-refractivity contribution in [1.82, 2.24) is 14.5 Å². The number of anilines is 1. The summed E-state index contributed by atoms with van der Waals surface area (Å²) in [5.41, 5.74) is 8.87. The molecular weight excluding hydrogens is 444 g/mol. The molecule has 0 atom stereocenters. The van der Waals surface area contributed by atoms with Crippen LogP contribution in [-0.2, 0) is 0 Å².